The van der Waals surface area contributed by atoms with Crippen molar-refractivity contribution in [2.45, 2.75) is 9.92 Å². The molecule has 0 saturated heterocycles. The zero-order chi connectivity index (χ0) is 13.0. The van der Waals surface area contributed by atoms with Gasteiger partial charge in [0.2, 0.25) is 0 Å². The Hall–Kier alpha value is -2.08. The van der Waals surface area contributed by atoms with Crippen LogP contribution >= 0.6 is 11.8 Å². The Balaban J connectivity index is 2.15. The number of methoxy groups -OCH3 is 1. The minimum absolute atomic E-state index is 0.157. The first-order chi connectivity index (χ1) is 8.69. The Kier molecular flexibility index (Phi) is 3.78. The van der Waals surface area contributed by atoms with Crippen LogP contribution in [-0.4, -0.2) is 23.0 Å². The SMILES string of the molecule is COc1cccc(Sc2cnc(C(N)=O)cn2)c1. The van der Waals surface area contributed by atoms with E-state index in [1.165, 1.54) is 24.2 Å². The molecule has 1 aromatic carbocycles. The molecule has 1 aromatic heterocycles. The number of carbonyl (C=O) groups excluding carboxylic acids is 1. The minimum atomic E-state index is -0.583. The molecule has 2 rings (SSSR count). The molecular weight excluding hydrogens is 250 g/mol. The van der Waals surface area contributed by atoms with Crippen LogP contribution in [0.4, 0.5) is 0 Å². The molecule has 0 aliphatic heterocycles. The van der Waals surface area contributed by atoms with Crippen molar-refractivity contribution < 1.29 is 9.53 Å². The predicted molar refractivity (Wildman–Crippen MR) is 67.7 cm³/mol. The van der Waals surface area contributed by atoms with Gasteiger partial charge in [0.25, 0.3) is 5.91 Å². The maximum atomic E-state index is 10.9. The number of amides is 1. The van der Waals surface area contributed by atoms with Crippen molar-refractivity contribution in [2.75, 3.05) is 7.11 Å². The average Bonchev–Trinajstić information content (AvgIpc) is 2.39. The van der Waals surface area contributed by atoms with Gasteiger partial charge in [0.15, 0.2) is 0 Å². The molecule has 0 aliphatic carbocycles. The second kappa shape index (κ2) is 5.50. The number of aromatic nitrogens is 2. The molecule has 0 bridgehead atoms. The van der Waals surface area contributed by atoms with Crippen molar-refractivity contribution in [1.29, 1.82) is 0 Å². The van der Waals surface area contributed by atoms with Crippen LogP contribution in [0.2, 0.25) is 0 Å². The zero-order valence-electron chi connectivity index (χ0n) is 9.66. The van der Waals surface area contributed by atoms with E-state index in [1.807, 2.05) is 24.3 Å². The lowest BCUT2D eigenvalue weighted by atomic mass is 10.3. The molecule has 0 saturated carbocycles. The van der Waals surface area contributed by atoms with E-state index < -0.39 is 5.91 Å². The lowest BCUT2D eigenvalue weighted by molar-refractivity contribution is 0.0995. The van der Waals surface area contributed by atoms with Crippen LogP contribution in [0.1, 0.15) is 10.5 Å². The Labute approximate surface area is 108 Å². The zero-order valence-corrected chi connectivity index (χ0v) is 10.5. The molecule has 1 heterocycles. The van der Waals surface area contributed by atoms with E-state index in [9.17, 15) is 4.79 Å². The number of nitrogens with two attached hydrogens (primary N) is 1. The molecule has 6 heteroatoms. The highest BCUT2D eigenvalue weighted by atomic mass is 32.2. The third-order valence-electron chi connectivity index (χ3n) is 2.14. The molecule has 18 heavy (non-hydrogen) atoms. The third-order valence-corrected chi connectivity index (χ3v) is 3.05. The van der Waals surface area contributed by atoms with Crippen molar-refractivity contribution >= 4 is 17.7 Å². The first kappa shape index (κ1) is 12.4. The highest BCUT2D eigenvalue weighted by Gasteiger charge is 2.04. The van der Waals surface area contributed by atoms with Crippen LogP contribution < -0.4 is 10.5 Å². The van der Waals surface area contributed by atoms with Crippen LogP contribution in [0.25, 0.3) is 0 Å². The fourth-order valence-electron chi connectivity index (χ4n) is 1.28. The second-order valence-electron chi connectivity index (χ2n) is 3.39. The third kappa shape index (κ3) is 2.98. The first-order valence-electron chi connectivity index (χ1n) is 5.13. The van der Waals surface area contributed by atoms with E-state index in [0.29, 0.717) is 5.03 Å². The Morgan fingerprint density at radius 1 is 1.33 bits per heavy atom. The Morgan fingerprint density at radius 2 is 2.17 bits per heavy atom. The van der Waals surface area contributed by atoms with Crippen molar-refractivity contribution in [3.63, 3.8) is 0 Å². The Morgan fingerprint density at radius 3 is 2.78 bits per heavy atom. The molecule has 92 valence electrons. The summed E-state index contributed by atoms with van der Waals surface area (Å²) in [6.07, 6.45) is 2.88. The van der Waals surface area contributed by atoms with E-state index in [4.69, 9.17) is 10.5 Å². The fraction of sp³-hybridized carbons (Fsp3) is 0.0833. The van der Waals surface area contributed by atoms with Gasteiger partial charge in [0.1, 0.15) is 16.5 Å². The van der Waals surface area contributed by atoms with Gasteiger partial charge in [-0.25, -0.2) is 9.97 Å². The van der Waals surface area contributed by atoms with Crippen molar-refractivity contribution in [1.82, 2.24) is 9.97 Å². The monoisotopic (exact) mass is 261 g/mol. The van der Waals surface area contributed by atoms with Crippen LogP contribution in [-0.2, 0) is 0 Å². The average molecular weight is 261 g/mol. The van der Waals surface area contributed by atoms with Gasteiger partial charge in [-0.1, -0.05) is 17.8 Å². The number of carbonyl (C=O) groups is 1. The predicted octanol–water partition coefficient (Wildman–Crippen LogP) is 1.74. The van der Waals surface area contributed by atoms with E-state index >= 15 is 0 Å². The Bertz CT molecular complexity index is 558. The van der Waals surface area contributed by atoms with Crippen LogP contribution in [0, 0.1) is 0 Å². The lowest BCUT2D eigenvalue weighted by Crippen LogP contribution is -2.13. The molecule has 0 spiro atoms. The quantitative estimate of drug-likeness (QED) is 0.906. The van der Waals surface area contributed by atoms with E-state index in [0.717, 1.165) is 10.6 Å². The summed E-state index contributed by atoms with van der Waals surface area (Å²) in [6, 6.07) is 7.60. The molecule has 0 atom stereocenters. The van der Waals surface area contributed by atoms with Crippen molar-refractivity contribution in [3.8, 4) is 5.75 Å². The largest absolute Gasteiger partial charge is 0.497 e. The number of primary amides is 1. The summed E-state index contributed by atoms with van der Waals surface area (Å²) in [5, 5.41) is 0.688. The molecule has 0 aliphatic rings. The van der Waals surface area contributed by atoms with Gasteiger partial charge in [-0.15, -0.1) is 0 Å². The highest BCUT2D eigenvalue weighted by Crippen LogP contribution is 2.27. The summed E-state index contributed by atoms with van der Waals surface area (Å²) in [7, 11) is 1.62. The molecule has 0 fully saturated rings. The molecule has 5 nitrogen and oxygen atoms in total. The van der Waals surface area contributed by atoms with Crippen LogP contribution in [0.15, 0.2) is 46.6 Å². The van der Waals surface area contributed by atoms with Crippen LogP contribution in [0.5, 0.6) is 5.75 Å². The molecule has 0 unspecified atom stereocenters. The molecular formula is C12H11N3O2S. The fourth-order valence-corrected chi connectivity index (χ4v) is 2.06. The number of nitrogens with zero attached hydrogens (tertiary/aromatic N) is 2. The lowest BCUT2D eigenvalue weighted by Gasteiger charge is -2.03. The topological polar surface area (TPSA) is 78.1 Å². The molecule has 2 N–H and O–H groups in total. The maximum absolute atomic E-state index is 10.9. The van der Waals surface area contributed by atoms with Gasteiger partial charge in [-0.2, -0.15) is 0 Å². The number of hydrogen-bond acceptors (Lipinski definition) is 5. The van der Waals surface area contributed by atoms with Gasteiger partial charge in [0.05, 0.1) is 19.5 Å². The number of benzene rings is 1. The second-order valence-corrected chi connectivity index (χ2v) is 4.48. The molecule has 1 amide bonds. The highest BCUT2D eigenvalue weighted by molar-refractivity contribution is 7.99. The smallest absolute Gasteiger partial charge is 0.268 e. The summed E-state index contributed by atoms with van der Waals surface area (Å²) in [4.78, 5) is 19.9. The number of rotatable bonds is 4. The van der Waals surface area contributed by atoms with Crippen molar-refractivity contribution in [3.05, 3.63) is 42.4 Å². The summed E-state index contributed by atoms with van der Waals surface area (Å²) >= 11 is 1.43. The normalized spacial score (nSPS) is 10.1. The molecule has 2 aromatic rings. The van der Waals surface area contributed by atoms with E-state index in [1.54, 1.807) is 7.11 Å². The van der Waals surface area contributed by atoms with Crippen molar-refractivity contribution in [2.24, 2.45) is 5.73 Å². The summed E-state index contributed by atoms with van der Waals surface area (Å²) in [5.41, 5.74) is 5.25. The van der Waals surface area contributed by atoms with Crippen LogP contribution in [0.3, 0.4) is 0 Å². The number of hydrogen-bond donors (Lipinski definition) is 1. The molecule has 0 radical (unpaired) electrons. The first-order valence-corrected chi connectivity index (χ1v) is 5.94. The van der Waals surface area contributed by atoms with E-state index in [2.05, 4.69) is 9.97 Å². The van der Waals surface area contributed by atoms with Gasteiger partial charge in [0, 0.05) is 4.90 Å². The minimum Gasteiger partial charge on any atom is -0.497 e. The van der Waals surface area contributed by atoms with Gasteiger partial charge in [-0.05, 0) is 18.2 Å². The standard InChI is InChI=1S/C12H11N3O2S/c1-17-8-3-2-4-9(5-8)18-11-7-14-10(6-15-11)12(13)16/h2-7H,1H3,(H2,13,16). The van der Waals surface area contributed by atoms with E-state index in [-0.39, 0.29) is 5.69 Å². The van der Waals surface area contributed by atoms with Gasteiger partial charge in [-0.3, -0.25) is 4.79 Å². The summed E-state index contributed by atoms with van der Waals surface area (Å²) in [6.45, 7) is 0. The summed E-state index contributed by atoms with van der Waals surface area (Å²) in [5.74, 6) is 0.196. The maximum Gasteiger partial charge on any atom is 0.268 e. The number of ether oxygens (including phenoxy) is 1. The van der Waals surface area contributed by atoms with Gasteiger partial charge >= 0.3 is 0 Å². The summed E-state index contributed by atoms with van der Waals surface area (Å²) < 4.78 is 5.13. The van der Waals surface area contributed by atoms with Gasteiger partial charge < -0.3 is 10.5 Å².